The molecule has 26 heavy (non-hydrogen) atoms. The summed E-state index contributed by atoms with van der Waals surface area (Å²) in [7, 11) is -3.79. The minimum absolute atomic E-state index is 0.0425. The Morgan fingerprint density at radius 3 is 2.19 bits per heavy atom. The van der Waals surface area contributed by atoms with Crippen LogP contribution in [0.15, 0.2) is 47.4 Å². The van der Waals surface area contributed by atoms with E-state index in [0.29, 0.717) is 30.3 Å². The fraction of sp³-hybridized carbons (Fsp3) is 0.294. The molecule has 2 aromatic carbocycles. The van der Waals surface area contributed by atoms with Gasteiger partial charge in [-0.3, -0.25) is 10.1 Å². The number of ether oxygens (including phenoxy) is 2. The van der Waals surface area contributed by atoms with E-state index >= 15 is 0 Å². The Kier molecular flexibility index (Phi) is 6.53. The summed E-state index contributed by atoms with van der Waals surface area (Å²) in [5, 5.41) is 10.7. The first-order valence-corrected chi connectivity index (χ1v) is 9.48. The third-order valence-electron chi connectivity index (χ3n) is 3.43. The SMILES string of the molecule is CCOc1ccc(CNS(=O)(=O)c2ccc([N+](=O)[O-])cc2)cc1OCC. The largest absolute Gasteiger partial charge is 0.490 e. The van der Waals surface area contributed by atoms with E-state index in [9.17, 15) is 18.5 Å². The maximum absolute atomic E-state index is 12.3. The van der Waals surface area contributed by atoms with Crippen LogP contribution in [0.3, 0.4) is 0 Å². The van der Waals surface area contributed by atoms with E-state index in [1.165, 1.54) is 12.1 Å². The number of non-ortho nitro benzene ring substituents is 1. The molecule has 0 unspecified atom stereocenters. The Balaban J connectivity index is 2.13. The number of benzene rings is 2. The quantitative estimate of drug-likeness (QED) is 0.529. The fourth-order valence-electron chi connectivity index (χ4n) is 2.21. The molecule has 0 saturated carbocycles. The Hall–Kier alpha value is -2.65. The van der Waals surface area contributed by atoms with Gasteiger partial charge in [0.25, 0.3) is 5.69 Å². The number of nitro groups is 1. The lowest BCUT2D eigenvalue weighted by Crippen LogP contribution is -2.23. The number of rotatable bonds is 9. The van der Waals surface area contributed by atoms with Crippen molar-refractivity contribution in [3.8, 4) is 11.5 Å². The van der Waals surface area contributed by atoms with Gasteiger partial charge < -0.3 is 9.47 Å². The van der Waals surface area contributed by atoms with E-state index in [4.69, 9.17) is 9.47 Å². The lowest BCUT2D eigenvalue weighted by molar-refractivity contribution is -0.384. The van der Waals surface area contributed by atoms with Crippen molar-refractivity contribution in [2.75, 3.05) is 13.2 Å². The van der Waals surface area contributed by atoms with Gasteiger partial charge in [-0.15, -0.1) is 0 Å². The van der Waals surface area contributed by atoms with Crippen molar-refractivity contribution >= 4 is 15.7 Å². The molecule has 1 N–H and O–H groups in total. The van der Waals surface area contributed by atoms with Gasteiger partial charge >= 0.3 is 0 Å². The summed E-state index contributed by atoms with van der Waals surface area (Å²) in [6, 6.07) is 9.88. The van der Waals surface area contributed by atoms with Crippen LogP contribution in [0.25, 0.3) is 0 Å². The maximum atomic E-state index is 12.3. The second kappa shape index (κ2) is 8.63. The Morgan fingerprint density at radius 2 is 1.62 bits per heavy atom. The molecular weight excluding hydrogens is 360 g/mol. The van der Waals surface area contributed by atoms with Gasteiger partial charge in [0, 0.05) is 18.7 Å². The van der Waals surface area contributed by atoms with Crippen LogP contribution in [-0.4, -0.2) is 26.6 Å². The zero-order valence-corrected chi connectivity index (χ0v) is 15.3. The molecule has 0 aliphatic rings. The molecule has 2 rings (SSSR count). The van der Waals surface area contributed by atoms with Crippen LogP contribution in [0.4, 0.5) is 5.69 Å². The van der Waals surface area contributed by atoms with Crippen molar-refractivity contribution in [1.29, 1.82) is 0 Å². The molecule has 0 amide bonds. The second-order valence-corrected chi connectivity index (χ2v) is 6.99. The number of hydrogen-bond donors (Lipinski definition) is 1. The highest BCUT2D eigenvalue weighted by Crippen LogP contribution is 2.28. The first-order valence-electron chi connectivity index (χ1n) is 8.00. The highest BCUT2D eigenvalue weighted by atomic mass is 32.2. The van der Waals surface area contributed by atoms with Crippen LogP contribution < -0.4 is 14.2 Å². The Bertz CT molecular complexity index is 865. The lowest BCUT2D eigenvalue weighted by atomic mass is 10.2. The number of nitrogens with one attached hydrogen (secondary N) is 1. The van der Waals surface area contributed by atoms with E-state index in [2.05, 4.69) is 4.72 Å². The van der Waals surface area contributed by atoms with Gasteiger partial charge in [-0.1, -0.05) is 6.07 Å². The third-order valence-corrected chi connectivity index (χ3v) is 4.85. The molecule has 0 aliphatic carbocycles. The average molecular weight is 380 g/mol. The average Bonchev–Trinajstić information content (AvgIpc) is 2.62. The highest BCUT2D eigenvalue weighted by molar-refractivity contribution is 7.89. The van der Waals surface area contributed by atoms with E-state index < -0.39 is 14.9 Å². The predicted octanol–water partition coefficient (Wildman–Crippen LogP) is 2.87. The highest BCUT2D eigenvalue weighted by Gasteiger charge is 2.16. The minimum Gasteiger partial charge on any atom is -0.490 e. The van der Waals surface area contributed by atoms with E-state index in [1.807, 2.05) is 13.8 Å². The topological polar surface area (TPSA) is 108 Å². The van der Waals surface area contributed by atoms with Crippen molar-refractivity contribution in [1.82, 2.24) is 4.72 Å². The van der Waals surface area contributed by atoms with Crippen LogP contribution >= 0.6 is 0 Å². The molecule has 2 aromatic rings. The molecule has 0 radical (unpaired) electrons. The normalized spacial score (nSPS) is 11.2. The van der Waals surface area contributed by atoms with Crippen LogP contribution in [0.2, 0.25) is 0 Å². The number of hydrogen-bond acceptors (Lipinski definition) is 6. The molecule has 0 fully saturated rings. The fourth-order valence-corrected chi connectivity index (χ4v) is 3.23. The van der Waals surface area contributed by atoms with Gasteiger partial charge in [-0.25, -0.2) is 13.1 Å². The number of sulfonamides is 1. The molecule has 0 heterocycles. The molecule has 0 aliphatic heterocycles. The molecular formula is C17H20N2O6S. The monoisotopic (exact) mass is 380 g/mol. The van der Waals surface area contributed by atoms with Crippen molar-refractivity contribution in [3.63, 3.8) is 0 Å². The zero-order valence-electron chi connectivity index (χ0n) is 14.5. The number of nitro benzene ring substituents is 1. The van der Waals surface area contributed by atoms with Crippen molar-refractivity contribution in [2.45, 2.75) is 25.3 Å². The van der Waals surface area contributed by atoms with E-state index in [-0.39, 0.29) is 17.1 Å². The molecule has 0 spiro atoms. The van der Waals surface area contributed by atoms with Gasteiger partial charge in [-0.05, 0) is 43.7 Å². The van der Waals surface area contributed by atoms with Gasteiger partial charge in [0.1, 0.15) is 0 Å². The first kappa shape index (κ1) is 19.7. The molecule has 9 heteroatoms. The Morgan fingerprint density at radius 1 is 1.00 bits per heavy atom. The number of nitrogens with zero attached hydrogens (tertiary/aromatic N) is 1. The molecule has 8 nitrogen and oxygen atoms in total. The summed E-state index contributed by atoms with van der Waals surface area (Å²) in [5.41, 5.74) is 0.527. The molecule has 0 aromatic heterocycles. The lowest BCUT2D eigenvalue weighted by Gasteiger charge is -2.13. The zero-order chi connectivity index (χ0) is 19.2. The van der Waals surface area contributed by atoms with E-state index in [0.717, 1.165) is 12.1 Å². The van der Waals surface area contributed by atoms with Crippen LogP contribution in [0, 0.1) is 10.1 Å². The van der Waals surface area contributed by atoms with E-state index in [1.54, 1.807) is 18.2 Å². The summed E-state index contributed by atoms with van der Waals surface area (Å²) >= 11 is 0. The van der Waals surface area contributed by atoms with Crippen LogP contribution in [0.5, 0.6) is 11.5 Å². The second-order valence-electron chi connectivity index (χ2n) is 5.22. The van der Waals surface area contributed by atoms with Gasteiger partial charge in [0.05, 0.1) is 23.0 Å². The summed E-state index contributed by atoms with van der Waals surface area (Å²) in [6.07, 6.45) is 0. The van der Waals surface area contributed by atoms with Gasteiger partial charge in [0.15, 0.2) is 11.5 Å². The minimum atomic E-state index is -3.79. The van der Waals surface area contributed by atoms with Gasteiger partial charge in [0.2, 0.25) is 10.0 Å². The first-order chi connectivity index (χ1) is 12.4. The van der Waals surface area contributed by atoms with Crippen molar-refractivity contribution in [3.05, 3.63) is 58.1 Å². The Labute approximate surface area is 152 Å². The maximum Gasteiger partial charge on any atom is 0.269 e. The predicted molar refractivity (Wildman–Crippen MR) is 95.9 cm³/mol. The summed E-state index contributed by atoms with van der Waals surface area (Å²) in [6.45, 7) is 4.71. The molecule has 140 valence electrons. The van der Waals surface area contributed by atoms with Crippen molar-refractivity contribution in [2.24, 2.45) is 0 Å². The summed E-state index contributed by atoms with van der Waals surface area (Å²) in [5.74, 6) is 1.14. The van der Waals surface area contributed by atoms with Crippen LogP contribution in [0.1, 0.15) is 19.4 Å². The van der Waals surface area contributed by atoms with Crippen molar-refractivity contribution < 1.29 is 22.8 Å². The smallest absolute Gasteiger partial charge is 0.269 e. The molecule has 0 atom stereocenters. The molecule has 0 saturated heterocycles. The van der Waals surface area contributed by atoms with Crippen LogP contribution in [-0.2, 0) is 16.6 Å². The third kappa shape index (κ3) is 4.93. The molecule has 0 bridgehead atoms. The summed E-state index contributed by atoms with van der Waals surface area (Å²) in [4.78, 5) is 10.0. The standard InChI is InChI=1S/C17H20N2O6S/c1-3-24-16-10-5-13(11-17(16)25-4-2)12-18-26(22,23)15-8-6-14(7-9-15)19(20)21/h5-11,18H,3-4,12H2,1-2H3. The van der Waals surface area contributed by atoms with Gasteiger partial charge in [-0.2, -0.15) is 0 Å². The summed E-state index contributed by atoms with van der Waals surface area (Å²) < 4.78 is 38.1.